The molecule has 0 saturated carbocycles. The summed E-state index contributed by atoms with van der Waals surface area (Å²) in [6.45, 7) is 2.75. The van der Waals surface area contributed by atoms with E-state index in [0.717, 1.165) is 12.1 Å². The largest absolute Gasteiger partial charge is 0.394 e. The summed E-state index contributed by atoms with van der Waals surface area (Å²) in [7, 11) is 0. The first-order chi connectivity index (χ1) is 12.5. The fourth-order valence-corrected chi connectivity index (χ4v) is 3.06. The van der Waals surface area contributed by atoms with Crippen molar-refractivity contribution in [2.24, 2.45) is 16.5 Å². The Morgan fingerprint density at radius 2 is 2.08 bits per heavy atom. The van der Waals surface area contributed by atoms with Gasteiger partial charge in [0.1, 0.15) is 5.69 Å². The number of nitrogens with two attached hydrogens (primary N) is 2. The van der Waals surface area contributed by atoms with Crippen molar-refractivity contribution in [3.8, 4) is 0 Å². The maximum atomic E-state index is 11.8. The molecular weight excluding hydrogens is 332 g/mol. The number of nitrogens with zero attached hydrogens (tertiary/aromatic N) is 4. The molecule has 0 saturated heterocycles. The van der Waals surface area contributed by atoms with Crippen molar-refractivity contribution in [2.75, 3.05) is 6.61 Å². The lowest BCUT2D eigenvalue weighted by Crippen LogP contribution is -2.24. The molecule has 0 aliphatic carbocycles. The molecule has 5 N–H and O–H groups in total. The normalized spacial score (nSPS) is 12.2. The number of aliphatic hydroxyl groups excluding tert-OH is 1. The van der Waals surface area contributed by atoms with Gasteiger partial charge in [-0.25, -0.2) is 4.98 Å². The quantitative estimate of drug-likeness (QED) is 0.453. The minimum atomic E-state index is -0.604. The molecule has 0 fully saturated rings. The Bertz CT molecular complexity index is 952. The van der Waals surface area contributed by atoms with Crippen molar-refractivity contribution >= 4 is 22.8 Å². The second kappa shape index (κ2) is 7.40. The number of hydrogen-bond acceptors (Lipinski definition) is 3. The molecule has 0 spiro atoms. The van der Waals surface area contributed by atoms with E-state index in [2.05, 4.69) is 39.8 Å². The molecule has 0 unspecified atom stereocenters. The lowest BCUT2D eigenvalue weighted by Gasteiger charge is -2.16. The highest BCUT2D eigenvalue weighted by Crippen LogP contribution is 2.22. The summed E-state index contributed by atoms with van der Waals surface area (Å²) in [4.78, 5) is 19.3. The predicted molar refractivity (Wildman–Crippen MR) is 99.8 cm³/mol. The number of fused-ring (bicyclic) bond motifs is 1. The number of guanidine groups is 1. The topological polar surface area (TPSA) is 124 Å². The first-order valence-electron chi connectivity index (χ1n) is 8.32. The Hall–Kier alpha value is -3.13. The molecule has 136 valence electrons. The number of aryl methyl sites for hydroxylation is 2. The van der Waals surface area contributed by atoms with Gasteiger partial charge in [0.05, 0.1) is 19.0 Å². The lowest BCUT2D eigenvalue weighted by atomic mass is 10.2. The highest BCUT2D eigenvalue weighted by Gasteiger charge is 2.15. The van der Waals surface area contributed by atoms with Gasteiger partial charge in [0.15, 0.2) is 5.96 Å². The average molecular weight is 354 g/mol. The molecule has 3 rings (SSSR count). The number of carbonyl (C=O) groups is 1. The Balaban J connectivity index is 1.75. The van der Waals surface area contributed by atoms with Gasteiger partial charge in [0, 0.05) is 29.8 Å². The lowest BCUT2D eigenvalue weighted by molar-refractivity contribution is 0.0998. The molecule has 8 nitrogen and oxygen atoms in total. The van der Waals surface area contributed by atoms with Crippen molar-refractivity contribution in [1.29, 1.82) is 0 Å². The fourth-order valence-electron chi connectivity index (χ4n) is 3.06. The number of aliphatic imine (C=N–C) groups is 1. The van der Waals surface area contributed by atoms with Crippen LogP contribution in [0.5, 0.6) is 0 Å². The van der Waals surface area contributed by atoms with Gasteiger partial charge in [0.2, 0.25) is 0 Å². The van der Waals surface area contributed by atoms with Crippen LogP contribution in [0.25, 0.3) is 10.9 Å². The highest BCUT2D eigenvalue weighted by molar-refractivity contribution is 6.00. The summed E-state index contributed by atoms with van der Waals surface area (Å²) in [6.07, 6.45) is 5.85. The van der Waals surface area contributed by atoms with Gasteiger partial charge >= 0.3 is 0 Å². The highest BCUT2D eigenvalue weighted by atomic mass is 16.3. The monoisotopic (exact) mass is 354 g/mol. The summed E-state index contributed by atoms with van der Waals surface area (Å²) in [5, 5.41) is 11.0. The van der Waals surface area contributed by atoms with Crippen LogP contribution in [-0.4, -0.2) is 37.7 Å². The van der Waals surface area contributed by atoms with Gasteiger partial charge < -0.3 is 25.7 Å². The zero-order chi connectivity index (χ0) is 18.7. The first-order valence-corrected chi connectivity index (χ1v) is 8.32. The first kappa shape index (κ1) is 17.7. The summed E-state index contributed by atoms with van der Waals surface area (Å²) in [6, 6.07) is 8.02. The summed E-state index contributed by atoms with van der Waals surface area (Å²) in [5.74, 6) is -0.911. The van der Waals surface area contributed by atoms with Gasteiger partial charge in [-0.2, -0.15) is 4.99 Å². The van der Waals surface area contributed by atoms with Crippen molar-refractivity contribution < 1.29 is 9.90 Å². The number of rotatable bonds is 6. The number of hydrogen-bond donors (Lipinski definition) is 3. The van der Waals surface area contributed by atoms with Gasteiger partial charge in [-0.1, -0.05) is 18.2 Å². The minimum absolute atomic E-state index is 0.0650. The second-order valence-corrected chi connectivity index (χ2v) is 6.20. The number of amides is 1. The van der Waals surface area contributed by atoms with E-state index in [1.807, 2.05) is 12.1 Å². The van der Waals surface area contributed by atoms with E-state index in [9.17, 15) is 9.90 Å². The van der Waals surface area contributed by atoms with Crippen LogP contribution in [0.15, 0.2) is 48.0 Å². The van der Waals surface area contributed by atoms with E-state index in [1.165, 1.54) is 17.3 Å². The van der Waals surface area contributed by atoms with Crippen LogP contribution in [0.4, 0.5) is 0 Å². The molecule has 1 atom stereocenters. The molecule has 2 aromatic heterocycles. The molecule has 3 aromatic rings. The Kier molecular flexibility index (Phi) is 5.04. The summed E-state index contributed by atoms with van der Waals surface area (Å²) >= 11 is 0. The number of para-hydroxylation sites is 1. The van der Waals surface area contributed by atoms with Gasteiger partial charge in [-0.15, -0.1) is 0 Å². The smallest absolute Gasteiger partial charge is 0.300 e. The molecule has 0 aliphatic rings. The zero-order valence-corrected chi connectivity index (χ0v) is 14.5. The molecule has 0 bridgehead atoms. The van der Waals surface area contributed by atoms with Crippen LogP contribution >= 0.6 is 0 Å². The standard InChI is InChI=1S/C18H22N6O2/c1-12-8-23(16-5-3-2-4-14(12)16)7-6-13(10-25)24-9-15(21-11-24)17(26)22-18(19)20/h2-5,8-9,11,13,25H,6-7,10H2,1H3,(H4,19,20,22,26)/t13-/m1/s1. The van der Waals surface area contributed by atoms with E-state index >= 15 is 0 Å². The summed E-state index contributed by atoms with van der Waals surface area (Å²) < 4.78 is 3.89. The number of benzene rings is 1. The van der Waals surface area contributed by atoms with E-state index < -0.39 is 5.91 Å². The van der Waals surface area contributed by atoms with Gasteiger partial charge in [-0.05, 0) is 25.0 Å². The zero-order valence-electron chi connectivity index (χ0n) is 14.5. The molecule has 1 aromatic carbocycles. The predicted octanol–water partition coefficient (Wildman–Crippen LogP) is 1.18. The van der Waals surface area contributed by atoms with Crippen LogP contribution in [0.1, 0.15) is 28.5 Å². The van der Waals surface area contributed by atoms with Crippen LogP contribution < -0.4 is 11.5 Å². The van der Waals surface area contributed by atoms with Crippen molar-refractivity contribution in [1.82, 2.24) is 14.1 Å². The van der Waals surface area contributed by atoms with Crippen LogP contribution in [-0.2, 0) is 6.54 Å². The van der Waals surface area contributed by atoms with Crippen LogP contribution in [0.3, 0.4) is 0 Å². The number of carbonyl (C=O) groups excluding carboxylic acids is 1. The van der Waals surface area contributed by atoms with E-state index in [4.69, 9.17) is 11.5 Å². The third-order valence-electron chi connectivity index (χ3n) is 4.37. The van der Waals surface area contributed by atoms with Crippen LogP contribution in [0.2, 0.25) is 0 Å². The summed E-state index contributed by atoms with van der Waals surface area (Å²) in [5.41, 5.74) is 12.9. The van der Waals surface area contributed by atoms with E-state index in [0.29, 0.717) is 6.42 Å². The Labute approximate surface area is 150 Å². The Morgan fingerprint density at radius 1 is 1.31 bits per heavy atom. The molecule has 26 heavy (non-hydrogen) atoms. The van der Waals surface area contributed by atoms with Crippen molar-refractivity contribution in [3.05, 3.63) is 54.2 Å². The van der Waals surface area contributed by atoms with Crippen molar-refractivity contribution in [3.63, 3.8) is 0 Å². The SMILES string of the molecule is Cc1cn(CC[C@H](CO)n2cnc(C(=O)N=C(N)N)c2)c2ccccc12. The second-order valence-electron chi connectivity index (χ2n) is 6.20. The molecule has 8 heteroatoms. The van der Waals surface area contributed by atoms with Gasteiger partial charge in [0.25, 0.3) is 5.91 Å². The van der Waals surface area contributed by atoms with Gasteiger partial charge in [-0.3, -0.25) is 4.79 Å². The maximum Gasteiger partial charge on any atom is 0.300 e. The van der Waals surface area contributed by atoms with Crippen molar-refractivity contribution in [2.45, 2.75) is 25.9 Å². The fraction of sp³-hybridized carbons (Fsp3) is 0.278. The molecule has 2 heterocycles. The molecule has 0 aliphatic heterocycles. The molecule has 1 amide bonds. The molecule has 0 radical (unpaired) electrons. The van der Waals surface area contributed by atoms with Crippen LogP contribution in [0, 0.1) is 6.92 Å². The minimum Gasteiger partial charge on any atom is -0.394 e. The number of aromatic nitrogens is 3. The third kappa shape index (κ3) is 3.60. The Morgan fingerprint density at radius 3 is 2.81 bits per heavy atom. The number of aliphatic hydroxyl groups is 1. The average Bonchev–Trinajstić information content (AvgIpc) is 3.21. The number of imidazole rings is 1. The van der Waals surface area contributed by atoms with E-state index in [1.54, 1.807) is 10.8 Å². The van der Waals surface area contributed by atoms with E-state index in [-0.39, 0.29) is 24.3 Å². The third-order valence-corrected chi connectivity index (χ3v) is 4.37. The molecular formula is C18H22N6O2. The maximum absolute atomic E-state index is 11.8.